The number of para-hydroxylation sites is 1. The third kappa shape index (κ3) is 5.31. The summed E-state index contributed by atoms with van der Waals surface area (Å²) in [6.45, 7) is 10.3. The molecule has 1 N–H and O–H groups in total. The highest BCUT2D eigenvalue weighted by Gasteiger charge is 2.42. The lowest BCUT2D eigenvalue weighted by molar-refractivity contribution is 0.0698. The minimum Gasteiger partial charge on any atom is -0.494 e. The van der Waals surface area contributed by atoms with Gasteiger partial charge in [-0.3, -0.25) is 9.69 Å². The van der Waals surface area contributed by atoms with Gasteiger partial charge < -0.3 is 19.0 Å². The van der Waals surface area contributed by atoms with Crippen molar-refractivity contribution >= 4 is 62.6 Å². The predicted molar refractivity (Wildman–Crippen MR) is 198 cm³/mol. The number of halogens is 2. The number of anilines is 1. The van der Waals surface area contributed by atoms with Crippen LogP contribution in [0.3, 0.4) is 0 Å². The van der Waals surface area contributed by atoms with Gasteiger partial charge in [0.25, 0.3) is 5.91 Å². The minimum absolute atomic E-state index is 0.107. The molecule has 0 saturated carbocycles. The van der Waals surface area contributed by atoms with E-state index in [4.69, 9.17) is 27.9 Å². The number of alkyl halides is 1. The second kappa shape index (κ2) is 12.8. The van der Waals surface area contributed by atoms with E-state index in [9.17, 15) is 9.90 Å². The molecule has 0 spiro atoms. The number of ether oxygens (including phenoxy) is 1. The Labute approximate surface area is 300 Å². The number of carboxylic acids is 1. The summed E-state index contributed by atoms with van der Waals surface area (Å²) < 4.78 is 10.0. The zero-order valence-corrected chi connectivity index (χ0v) is 30.2. The molecule has 0 fully saturated rings. The van der Waals surface area contributed by atoms with E-state index in [1.807, 2.05) is 71.0 Å². The number of carbonyl (C=O) groups excluding carboxylic acids is 1. The Kier molecular flexibility index (Phi) is 8.60. The highest BCUT2D eigenvalue weighted by molar-refractivity contribution is 6.32. The number of aromatic nitrogens is 4. The highest BCUT2D eigenvalue weighted by atomic mass is 35.5. The van der Waals surface area contributed by atoms with Crippen molar-refractivity contribution in [2.75, 3.05) is 11.5 Å². The summed E-state index contributed by atoms with van der Waals surface area (Å²) >= 11 is 13.7. The number of hydrogen-bond acceptors (Lipinski definition) is 5. The van der Waals surface area contributed by atoms with Crippen molar-refractivity contribution in [3.63, 3.8) is 0 Å². The quantitative estimate of drug-likeness (QED) is 0.0962. The zero-order chi connectivity index (χ0) is 35.6. The Bertz CT molecular complexity index is 2320. The molecule has 256 valence electrons. The van der Waals surface area contributed by atoms with Gasteiger partial charge in [-0.1, -0.05) is 47.5 Å². The van der Waals surface area contributed by atoms with E-state index in [1.165, 1.54) is 0 Å². The molecule has 2 atom stereocenters. The Morgan fingerprint density at radius 2 is 1.70 bits per heavy atom. The van der Waals surface area contributed by atoms with E-state index in [0.717, 1.165) is 60.9 Å². The normalized spacial score (nSPS) is 16.0. The van der Waals surface area contributed by atoms with Crippen LogP contribution in [0.5, 0.6) is 5.75 Å². The van der Waals surface area contributed by atoms with Crippen molar-refractivity contribution in [1.82, 2.24) is 19.1 Å². The predicted octanol–water partition coefficient (Wildman–Crippen LogP) is 8.97. The summed E-state index contributed by atoms with van der Waals surface area (Å²) in [5.74, 6) is -0.625. The van der Waals surface area contributed by atoms with Crippen LogP contribution in [-0.2, 0) is 13.5 Å². The largest absolute Gasteiger partial charge is 0.494 e. The number of carboxylic acid groups (broad SMARTS) is 1. The number of fused-ring (bicyclic) bond motifs is 4. The van der Waals surface area contributed by atoms with Crippen molar-refractivity contribution in [1.29, 1.82) is 0 Å². The van der Waals surface area contributed by atoms with Crippen LogP contribution >= 0.6 is 23.2 Å². The molecule has 11 heteroatoms. The molecule has 0 radical (unpaired) electrons. The monoisotopic (exact) mass is 709 g/mol. The summed E-state index contributed by atoms with van der Waals surface area (Å²) in [5, 5.41) is 12.3. The van der Waals surface area contributed by atoms with Crippen molar-refractivity contribution in [3.05, 3.63) is 105 Å². The lowest BCUT2D eigenvalue weighted by Crippen LogP contribution is -2.48. The van der Waals surface area contributed by atoms with E-state index >= 15 is 4.79 Å². The Morgan fingerprint density at radius 1 is 1.02 bits per heavy atom. The van der Waals surface area contributed by atoms with Crippen LogP contribution in [0.1, 0.15) is 68.3 Å². The molecule has 1 unspecified atom stereocenters. The Hall–Kier alpha value is -4.86. The molecule has 1 amide bonds. The summed E-state index contributed by atoms with van der Waals surface area (Å²) in [6.07, 6.45) is 4.31. The Morgan fingerprint density at radius 3 is 2.38 bits per heavy atom. The number of nitrogens with zero attached hydrogens (tertiary/aromatic N) is 5. The zero-order valence-electron chi connectivity index (χ0n) is 28.7. The third-order valence-corrected chi connectivity index (χ3v) is 11.0. The average molecular weight is 711 g/mol. The molecule has 6 aromatic rings. The first-order chi connectivity index (χ1) is 23.9. The van der Waals surface area contributed by atoms with Gasteiger partial charge in [0, 0.05) is 51.6 Å². The first kappa shape index (κ1) is 33.6. The molecule has 7 rings (SSSR count). The van der Waals surface area contributed by atoms with Gasteiger partial charge in [0.1, 0.15) is 23.3 Å². The maximum absolute atomic E-state index is 15.0. The minimum atomic E-state index is -1.08. The fourth-order valence-corrected chi connectivity index (χ4v) is 7.95. The van der Waals surface area contributed by atoms with E-state index in [0.29, 0.717) is 41.7 Å². The summed E-state index contributed by atoms with van der Waals surface area (Å²) in [7, 11) is 1.79. The first-order valence-electron chi connectivity index (χ1n) is 16.5. The van der Waals surface area contributed by atoms with Crippen molar-refractivity contribution in [2.45, 2.75) is 59.0 Å². The van der Waals surface area contributed by atoms with E-state index < -0.39 is 17.5 Å². The van der Waals surface area contributed by atoms with Crippen LogP contribution in [0.15, 0.2) is 61.1 Å². The van der Waals surface area contributed by atoms with Crippen molar-refractivity contribution in [3.8, 4) is 16.9 Å². The summed E-state index contributed by atoms with van der Waals surface area (Å²) in [5.41, 5.74) is 8.12. The SMILES string of the molecule is Cc1cc(OCCCc2c3n(c4c(-c5c(C)ncnc5C)cccc24)[C@H](C)C(Cl)N(c2cccc4c2c(C(=O)O)cn4C)C3=O)cc(C)c1Cl. The van der Waals surface area contributed by atoms with Crippen LogP contribution in [0.2, 0.25) is 5.02 Å². The molecular formula is C39H37Cl2N5O4. The van der Waals surface area contributed by atoms with Crippen molar-refractivity contribution in [2.24, 2.45) is 7.05 Å². The number of amides is 1. The van der Waals surface area contributed by atoms with Crippen molar-refractivity contribution < 1.29 is 19.4 Å². The Balaban J connectivity index is 1.39. The average Bonchev–Trinajstić information content (AvgIpc) is 3.60. The third-order valence-electron chi connectivity index (χ3n) is 9.83. The molecule has 0 saturated heterocycles. The number of aromatic carboxylic acids is 1. The fraction of sp³-hybridized carbons (Fsp3) is 0.282. The van der Waals surface area contributed by atoms with Gasteiger partial charge in [0.15, 0.2) is 0 Å². The summed E-state index contributed by atoms with van der Waals surface area (Å²) in [4.78, 5) is 38.0. The molecule has 4 heterocycles. The highest BCUT2D eigenvalue weighted by Crippen LogP contribution is 2.45. The van der Waals surface area contributed by atoms with Crippen LogP contribution in [0.4, 0.5) is 5.69 Å². The van der Waals surface area contributed by atoms with Gasteiger partial charge in [0.2, 0.25) is 0 Å². The van der Waals surface area contributed by atoms with Gasteiger partial charge in [-0.05, 0) is 88.4 Å². The van der Waals surface area contributed by atoms with E-state index in [2.05, 4.69) is 20.6 Å². The van der Waals surface area contributed by atoms with Gasteiger partial charge in [-0.2, -0.15) is 0 Å². The van der Waals surface area contributed by atoms with E-state index in [1.54, 1.807) is 35.1 Å². The van der Waals surface area contributed by atoms with Crippen LogP contribution < -0.4 is 9.64 Å². The molecule has 3 aromatic heterocycles. The van der Waals surface area contributed by atoms with Crippen LogP contribution in [0.25, 0.3) is 32.9 Å². The molecule has 50 heavy (non-hydrogen) atoms. The molecule has 0 bridgehead atoms. The summed E-state index contributed by atoms with van der Waals surface area (Å²) in [6, 6.07) is 15.0. The van der Waals surface area contributed by atoms with E-state index in [-0.39, 0.29) is 11.5 Å². The number of carbonyl (C=O) groups is 2. The fourth-order valence-electron chi connectivity index (χ4n) is 7.53. The lowest BCUT2D eigenvalue weighted by atomic mass is 9.98. The molecular weight excluding hydrogens is 673 g/mol. The maximum atomic E-state index is 15.0. The standard InChI is InChI=1S/C39H37Cl2N5O4/c1-20-16-25(17-21(2)34(20)40)50-15-9-12-27-26-10-7-11-28(32-22(3)42-19-43-23(32)4)35(26)45-24(5)37(41)46(38(47)36(27)45)31-14-8-13-30-33(31)29(39(48)49)18-44(30)6/h7-8,10-11,13-14,16-19,24,37H,9,12,15H2,1-6H3,(H,48,49)/t24-,37?/m1/s1. The number of aryl methyl sites for hydroxylation is 6. The van der Waals surface area contributed by atoms with Gasteiger partial charge in [-0.15, -0.1) is 0 Å². The molecule has 1 aliphatic rings. The molecule has 0 aliphatic carbocycles. The van der Waals surface area contributed by atoms with Gasteiger partial charge >= 0.3 is 5.97 Å². The molecule has 9 nitrogen and oxygen atoms in total. The molecule has 3 aromatic carbocycles. The van der Waals surface area contributed by atoms with Gasteiger partial charge in [0.05, 0.1) is 34.9 Å². The second-order valence-electron chi connectivity index (χ2n) is 13.1. The topological polar surface area (TPSA) is 102 Å². The smallest absolute Gasteiger partial charge is 0.337 e. The number of rotatable bonds is 8. The molecule has 1 aliphatic heterocycles. The lowest BCUT2D eigenvalue weighted by Gasteiger charge is -2.39. The van der Waals surface area contributed by atoms with Crippen LogP contribution in [-0.4, -0.2) is 48.2 Å². The second-order valence-corrected chi connectivity index (χ2v) is 13.9. The van der Waals surface area contributed by atoms with Gasteiger partial charge in [-0.25, -0.2) is 14.8 Å². The maximum Gasteiger partial charge on any atom is 0.337 e. The number of benzene rings is 3. The number of hydrogen-bond donors (Lipinski definition) is 1. The van der Waals surface area contributed by atoms with Crippen LogP contribution in [0, 0.1) is 27.7 Å². The first-order valence-corrected chi connectivity index (χ1v) is 17.3.